The van der Waals surface area contributed by atoms with E-state index in [9.17, 15) is 18.0 Å². The first kappa shape index (κ1) is 27.9. The number of carboxylic acid groups (broad SMARTS) is 1. The number of ether oxygens (including phenoxy) is 2. The van der Waals surface area contributed by atoms with Crippen molar-refractivity contribution in [3.63, 3.8) is 0 Å². The summed E-state index contributed by atoms with van der Waals surface area (Å²) in [6.07, 6.45) is -4.74. The largest absolute Gasteiger partial charge is 0.497 e. The maximum absolute atomic E-state index is 14.4. The molecule has 0 saturated heterocycles. The number of hydrogen-bond acceptors (Lipinski definition) is 7. The molecule has 1 heterocycles. The summed E-state index contributed by atoms with van der Waals surface area (Å²) in [6.45, 7) is 0. The third kappa shape index (κ3) is 6.85. The Morgan fingerprint density at radius 1 is 1.05 bits per heavy atom. The highest BCUT2D eigenvalue weighted by molar-refractivity contribution is 5.74. The lowest BCUT2D eigenvalue weighted by Gasteiger charge is -2.29. The Morgan fingerprint density at radius 3 is 2.44 bits per heavy atom. The zero-order valence-corrected chi connectivity index (χ0v) is 21.2. The first-order valence-electron chi connectivity index (χ1n) is 12.4. The summed E-state index contributed by atoms with van der Waals surface area (Å²) in [5, 5.41) is 9.01. The number of carboxylic acids is 1. The Hall–Kier alpha value is -4.12. The van der Waals surface area contributed by atoms with Gasteiger partial charge in [-0.05, 0) is 66.5 Å². The first-order valence-corrected chi connectivity index (χ1v) is 12.4. The summed E-state index contributed by atoms with van der Waals surface area (Å²) in [4.78, 5) is 19.1. The van der Waals surface area contributed by atoms with Crippen molar-refractivity contribution < 1.29 is 32.5 Å². The Bertz CT molecular complexity index is 1360. The molecule has 39 heavy (non-hydrogen) atoms. The number of rotatable bonds is 9. The average molecular weight is 543 g/mol. The van der Waals surface area contributed by atoms with Crippen LogP contribution in [0.5, 0.6) is 11.6 Å². The second-order valence-corrected chi connectivity index (χ2v) is 9.28. The first-order chi connectivity index (χ1) is 18.5. The predicted molar refractivity (Wildman–Crippen MR) is 140 cm³/mol. The van der Waals surface area contributed by atoms with Gasteiger partial charge in [-0.1, -0.05) is 36.4 Å². The minimum absolute atomic E-state index is 0.119. The van der Waals surface area contributed by atoms with E-state index in [1.165, 1.54) is 13.2 Å². The van der Waals surface area contributed by atoms with E-state index in [2.05, 4.69) is 9.97 Å². The maximum Gasteiger partial charge on any atom is 0.429 e. The van der Waals surface area contributed by atoms with Crippen LogP contribution in [-0.4, -0.2) is 46.5 Å². The Labute approximate surface area is 223 Å². The van der Waals surface area contributed by atoms with Gasteiger partial charge in [0.05, 0.1) is 12.8 Å². The van der Waals surface area contributed by atoms with Gasteiger partial charge in [0, 0.05) is 11.6 Å². The van der Waals surface area contributed by atoms with Crippen molar-refractivity contribution in [2.45, 2.75) is 50.4 Å². The van der Waals surface area contributed by atoms with E-state index >= 15 is 0 Å². The molecular weight excluding hydrogens is 513 g/mol. The number of carbonyl (C=O) groups is 1. The molecule has 2 atom stereocenters. The van der Waals surface area contributed by atoms with Gasteiger partial charge < -0.3 is 26.0 Å². The number of benzene rings is 2. The smallest absolute Gasteiger partial charge is 0.429 e. The lowest BCUT2D eigenvalue weighted by Crippen LogP contribution is -2.37. The highest BCUT2D eigenvalue weighted by atomic mass is 19.4. The fourth-order valence-corrected chi connectivity index (χ4v) is 4.62. The van der Waals surface area contributed by atoms with Crippen LogP contribution in [0.15, 0.2) is 60.2 Å². The predicted octanol–water partition coefficient (Wildman–Crippen LogP) is 5.03. The van der Waals surface area contributed by atoms with Crippen LogP contribution in [0, 0.1) is 0 Å². The monoisotopic (exact) mass is 542 g/mol. The average Bonchev–Trinajstić information content (AvgIpc) is 2.91. The molecule has 206 valence electrons. The van der Waals surface area contributed by atoms with Gasteiger partial charge in [-0.2, -0.15) is 18.2 Å². The van der Waals surface area contributed by atoms with Gasteiger partial charge in [-0.25, -0.2) is 4.98 Å². The Kier molecular flexibility index (Phi) is 8.39. The highest BCUT2D eigenvalue weighted by Crippen LogP contribution is 2.41. The van der Waals surface area contributed by atoms with Crippen LogP contribution >= 0.6 is 0 Å². The molecule has 0 amide bonds. The third-order valence-electron chi connectivity index (χ3n) is 6.52. The van der Waals surface area contributed by atoms with Gasteiger partial charge in [0.1, 0.15) is 11.8 Å². The molecule has 1 aliphatic rings. The minimum Gasteiger partial charge on any atom is -0.497 e. The number of aliphatic carboxylic acids is 1. The van der Waals surface area contributed by atoms with Crippen LogP contribution in [0.3, 0.4) is 0 Å². The molecule has 0 bridgehead atoms. The lowest BCUT2D eigenvalue weighted by atomic mass is 9.84. The molecular formula is C28H29F3N4O4. The second kappa shape index (κ2) is 11.7. The van der Waals surface area contributed by atoms with E-state index in [4.69, 9.17) is 26.0 Å². The summed E-state index contributed by atoms with van der Waals surface area (Å²) in [5.74, 6) is -1.12. The Morgan fingerprint density at radius 2 is 1.77 bits per heavy atom. The molecule has 0 saturated carbocycles. The molecule has 0 radical (unpaired) electrons. The van der Waals surface area contributed by atoms with Crippen LogP contribution in [0.1, 0.15) is 36.8 Å². The zero-order chi connectivity index (χ0) is 28.2. The fourth-order valence-electron chi connectivity index (χ4n) is 4.62. The number of anilines is 1. The van der Waals surface area contributed by atoms with Crippen LogP contribution in [0.25, 0.3) is 16.8 Å². The van der Waals surface area contributed by atoms with Crippen molar-refractivity contribution in [2.75, 3.05) is 12.8 Å². The molecule has 1 aromatic heterocycles. The van der Waals surface area contributed by atoms with E-state index in [1.807, 2.05) is 0 Å². The standard InChI is InChI=1S/C28H29F3N4O4/c1-38-19-6-4-5-18(14-19)20-7-2-3-8-21(20)25(28(29,30)31)39-24-15-23(34-27(33)35-24)17-11-9-16(10-12-17)13-22(32)26(36)37/h4-6,9-12,14-15,22,25H,2-3,7-8,13,32H2,1H3,(H,36,37)(H2,33,34,35)/t22-,25?/m0/s1. The van der Waals surface area contributed by atoms with Crippen LogP contribution in [0.4, 0.5) is 19.1 Å². The Balaban J connectivity index is 1.67. The third-order valence-corrected chi connectivity index (χ3v) is 6.52. The van der Waals surface area contributed by atoms with Gasteiger partial charge >= 0.3 is 12.1 Å². The van der Waals surface area contributed by atoms with Crippen molar-refractivity contribution in [1.82, 2.24) is 9.97 Å². The molecule has 1 aliphatic carbocycles. The fraction of sp³-hybridized carbons (Fsp3) is 0.321. The number of methoxy groups -OCH3 is 1. The number of halogens is 3. The molecule has 0 aliphatic heterocycles. The van der Waals surface area contributed by atoms with E-state index in [1.54, 1.807) is 48.5 Å². The molecule has 0 fully saturated rings. The molecule has 8 nitrogen and oxygen atoms in total. The molecule has 11 heteroatoms. The summed E-state index contributed by atoms with van der Waals surface area (Å²) in [6, 6.07) is 13.9. The van der Waals surface area contributed by atoms with E-state index in [0.717, 1.165) is 6.42 Å². The topological polar surface area (TPSA) is 134 Å². The molecule has 1 unspecified atom stereocenters. The van der Waals surface area contributed by atoms with Gasteiger partial charge in [0.2, 0.25) is 17.9 Å². The summed E-state index contributed by atoms with van der Waals surface area (Å²) < 4.78 is 54.1. The molecule has 4 rings (SSSR count). The van der Waals surface area contributed by atoms with Gasteiger partial charge in [-0.15, -0.1) is 0 Å². The summed E-state index contributed by atoms with van der Waals surface area (Å²) in [7, 11) is 1.51. The minimum atomic E-state index is -4.71. The van der Waals surface area contributed by atoms with Gasteiger partial charge in [0.15, 0.2) is 0 Å². The van der Waals surface area contributed by atoms with Crippen molar-refractivity contribution in [2.24, 2.45) is 5.73 Å². The normalized spacial score (nSPS) is 15.5. The number of allylic oxidation sites excluding steroid dienone is 1. The number of nitrogens with zero attached hydrogens (tertiary/aromatic N) is 2. The quantitative estimate of drug-likeness (QED) is 0.343. The number of nitrogens with two attached hydrogens (primary N) is 2. The molecule has 2 aromatic carbocycles. The van der Waals surface area contributed by atoms with Crippen molar-refractivity contribution in [1.29, 1.82) is 0 Å². The molecule has 5 N–H and O–H groups in total. The second-order valence-electron chi connectivity index (χ2n) is 9.28. The van der Waals surface area contributed by atoms with Crippen molar-refractivity contribution in [3.05, 3.63) is 71.3 Å². The summed E-state index contributed by atoms with van der Waals surface area (Å²) in [5.41, 5.74) is 14.3. The van der Waals surface area contributed by atoms with E-state index < -0.39 is 24.3 Å². The SMILES string of the molecule is COc1cccc(C2=C(C(Oc3cc(-c4ccc(C[C@H](N)C(=O)O)cc4)nc(N)n3)C(F)(F)F)CCCC2)c1. The van der Waals surface area contributed by atoms with Crippen molar-refractivity contribution in [3.8, 4) is 22.9 Å². The number of nitrogen functional groups attached to an aromatic ring is 1. The number of alkyl halides is 3. The molecule has 3 aromatic rings. The number of hydrogen-bond donors (Lipinski definition) is 3. The van der Waals surface area contributed by atoms with E-state index in [0.29, 0.717) is 40.9 Å². The van der Waals surface area contributed by atoms with Crippen LogP contribution < -0.4 is 20.9 Å². The van der Waals surface area contributed by atoms with Crippen LogP contribution in [0.2, 0.25) is 0 Å². The molecule has 0 spiro atoms. The van der Waals surface area contributed by atoms with Crippen molar-refractivity contribution >= 4 is 17.5 Å². The zero-order valence-electron chi connectivity index (χ0n) is 21.2. The van der Waals surface area contributed by atoms with Crippen LogP contribution in [-0.2, 0) is 11.2 Å². The lowest BCUT2D eigenvalue weighted by molar-refractivity contribution is -0.184. The van der Waals surface area contributed by atoms with Gasteiger partial charge in [-0.3, -0.25) is 4.79 Å². The van der Waals surface area contributed by atoms with E-state index in [-0.39, 0.29) is 35.9 Å². The maximum atomic E-state index is 14.4. The summed E-state index contributed by atoms with van der Waals surface area (Å²) >= 11 is 0. The van der Waals surface area contributed by atoms with Gasteiger partial charge in [0.25, 0.3) is 0 Å². The number of aromatic nitrogens is 2. The highest BCUT2D eigenvalue weighted by Gasteiger charge is 2.46.